The maximum absolute atomic E-state index is 11.8. The Hall–Kier alpha value is -1.51. The smallest absolute Gasteiger partial charge is 0.227 e. The number of anilines is 2. The van der Waals surface area contributed by atoms with E-state index >= 15 is 0 Å². The van der Waals surface area contributed by atoms with Crippen molar-refractivity contribution in [1.29, 1.82) is 0 Å². The molecule has 1 aromatic rings. The van der Waals surface area contributed by atoms with Crippen LogP contribution in [0.5, 0.6) is 0 Å². The van der Waals surface area contributed by atoms with Gasteiger partial charge >= 0.3 is 0 Å². The van der Waals surface area contributed by atoms with Crippen LogP contribution in [0.15, 0.2) is 24.3 Å². The summed E-state index contributed by atoms with van der Waals surface area (Å²) in [4.78, 5) is 13.4. The van der Waals surface area contributed by atoms with Gasteiger partial charge in [-0.25, -0.2) is 0 Å². The van der Waals surface area contributed by atoms with E-state index in [1.54, 1.807) is 18.0 Å². The zero-order chi connectivity index (χ0) is 11.4. The van der Waals surface area contributed by atoms with Crippen LogP contribution >= 0.6 is 0 Å². The SMILES string of the molecule is CC(C)CC(=O)N(C)c1ccccc1N. The van der Waals surface area contributed by atoms with E-state index in [9.17, 15) is 4.79 Å². The van der Waals surface area contributed by atoms with Crippen LogP contribution in [0.4, 0.5) is 11.4 Å². The minimum absolute atomic E-state index is 0.0999. The second kappa shape index (κ2) is 4.82. The van der Waals surface area contributed by atoms with Crippen molar-refractivity contribution in [2.75, 3.05) is 17.7 Å². The van der Waals surface area contributed by atoms with E-state index in [1.807, 2.05) is 32.0 Å². The lowest BCUT2D eigenvalue weighted by Crippen LogP contribution is -2.27. The number of nitrogen functional groups attached to an aromatic ring is 1. The fraction of sp³-hybridized carbons (Fsp3) is 0.417. The normalized spacial score (nSPS) is 10.4. The van der Waals surface area contributed by atoms with Crippen molar-refractivity contribution >= 4 is 17.3 Å². The van der Waals surface area contributed by atoms with Gasteiger partial charge in [-0.05, 0) is 18.1 Å². The molecule has 0 spiro atoms. The highest BCUT2D eigenvalue weighted by Gasteiger charge is 2.13. The number of hydrogen-bond acceptors (Lipinski definition) is 2. The van der Waals surface area contributed by atoms with Gasteiger partial charge in [-0.1, -0.05) is 26.0 Å². The molecule has 0 aliphatic heterocycles. The van der Waals surface area contributed by atoms with Gasteiger partial charge in [0.25, 0.3) is 0 Å². The van der Waals surface area contributed by atoms with E-state index in [1.165, 1.54) is 0 Å². The predicted octanol–water partition coefficient (Wildman–Crippen LogP) is 2.28. The van der Waals surface area contributed by atoms with E-state index in [4.69, 9.17) is 5.73 Å². The first-order valence-electron chi connectivity index (χ1n) is 5.13. The highest BCUT2D eigenvalue weighted by molar-refractivity contribution is 5.95. The molecule has 2 N–H and O–H groups in total. The van der Waals surface area contributed by atoms with Crippen LogP contribution in [0.2, 0.25) is 0 Å². The molecular formula is C12H18N2O. The van der Waals surface area contributed by atoms with Crippen molar-refractivity contribution in [1.82, 2.24) is 0 Å². The topological polar surface area (TPSA) is 46.3 Å². The van der Waals surface area contributed by atoms with E-state index in [0.29, 0.717) is 18.0 Å². The monoisotopic (exact) mass is 206 g/mol. The van der Waals surface area contributed by atoms with Crippen LogP contribution in [-0.2, 0) is 4.79 Å². The van der Waals surface area contributed by atoms with Crippen molar-refractivity contribution in [2.24, 2.45) is 5.92 Å². The van der Waals surface area contributed by atoms with Crippen molar-refractivity contribution in [3.05, 3.63) is 24.3 Å². The van der Waals surface area contributed by atoms with E-state index < -0.39 is 0 Å². The quantitative estimate of drug-likeness (QED) is 0.771. The Kier molecular flexibility index (Phi) is 3.72. The first-order chi connectivity index (χ1) is 7.02. The van der Waals surface area contributed by atoms with Crippen LogP contribution in [0.1, 0.15) is 20.3 Å². The van der Waals surface area contributed by atoms with Gasteiger partial charge in [-0.15, -0.1) is 0 Å². The molecule has 15 heavy (non-hydrogen) atoms. The Bertz CT molecular complexity index is 347. The molecule has 1 rings (SSSR count). The largest absolute Gasteiger partial charge is 0.397 e. The minimum Gasteiger partial charge on any atom is -0.397 e. The zero-order valence-corrected chi connectivity index (χ0v) is 9.53. The Morgan fingerprint density at radius 1 is 1.40 bits per heavy atom. The molecule has 1 amide bonds. The predicted molar refractivity (Wildman–Crippen MR) is 63.7 cm³/mol. The molecule has 0 atom stereocenters. The molecule has 0 heterocycles. The summed E-state index contributed by atoms with van der Waals surface area (Å²) in [6.45, 7) is 4.06. The second-order valence-corrected chi connectivity index (χ2v) is 4.11. The van der Waals surface area contributed by atoms with E-state index in [0.717, 1.165) is 5.69 Å². The molecular weight excluding hydrogens is 188 g/mol. The molecule has 0 aliphatic carbocycles. The summed E-state index contributed by atoms with van der Waals surface area (Å²) in [5.74, 6) is 0.466. The standard InChI is InChI=1S/C12H18N2O/c1-9(2)8-12(15)14(3)11-7-5-4-6-10(11)13/h4-7,9H,8,13H2,1-3H3. The van der Waals surface area contributed by atoms with Crippen molar-refractivity contribution in [2.45, 2.75) is 20.3 Å². The van der Waals surface area contributed by atoms with Gasteiger partial charge in [-0.2, -0.15) is 0 Å². The first-order valence-corrected chi connectivity index (χ1v) is 5.13. The molecule has 0 fully saturated rings. The Morgan fingerprint density at radius 3 is 2.53 bits per heavy atom. The molecule has 0 aliphatic rings. The number of nitrogens with zero attached hydrogens (tertiary/aromatic N) is 1. The first kappa shape index (κ1) is 11.6. The summed E-state index contributed by atoms with van der Waals surface area (Å²) in [6, 6.07) is 7.40. The number of benzene rings is 1. The highest BCUT2D eigenvalue weighted by atomic mass is 16.2. The fourth-order valence-electron chi connectivity index (χ4n) is 1.41. The van der Waals surface area contributed by atoms with Gasteiger partial charge < -0.3 is 10.6 Å². The highest BCUT2D eigenvalue weighted by Crippen LogP contribution is 2.22. The molecule has 0 unspecified atom stereocenters. The maximum atomic E-state index is 11.8. The van der Waals surface area contributed by atoms with Crippen LogP contribution in [-0.4, -0.2) is 13.0 Å². The van der Waals surface area contributed by atoms with Crippen molar-refractivity contribution in [3.63, 3.8) is 0 Å². The third-order valence-electron chi connectivity index (χ3n) is 2.26. The van der Waals surface area contributed by atoms with E-state index in [2.05, 4.69) is 0 Å². The van der Waals surface area contributed by atoms with Crippen molar-refractivity contribution in [3.8, 4) is 0 Å². The molecule has 0 saturated heterocycles. The molecule has 0 radical (unpaired) electrons. The lowest BCUT2D eigenvalue weighted by atomic mass is 10.1. The average molecular weight is 206 g/mol. The summed E-state index contributed by atoms with van der Waals surface area (Å²) in [6.07, 6.45) is 0.546. The Morgan fingerprint density at radius 2 is 2.00 bits per heavy atom. The number of amides is 1. The van der Waals surface area contributed by atoms with E-state index in [-0.39, 0.29) is 5.91 Å². The molecule has 3 nitrogen and oxygen atoms in total. The van der Waals surface area contributed by atoms with Gasteiger partial charge in [0, 0.05) is 13.5 Å². The minimum atomic E-state index is 0.0999. The Balaban J connectivity index is 2.81. The summed E-state index contributed by atoms with van der Waals surface area (Å²) >= 11 is 0. The summed E-state index contributed by atoms with van der Waals surface area (Å²) in [5, 5.41) is 0. The van der Waals surface area contributed by atoms with Gasteiger partial charge in [0.1, 0.15) is 0 Å². The van der Waals surface area contributed by atoms with Gasteiger partial charge in [0.05, 0.1) is 11.4 Å². The molecule has 1 aromatic carbocycles. The van der Waals surface area contributed by atoms with Crippen molar-refractivity contribution < 1.29 is 4.79 Å². The molecule has 0 aromatic heterocycles. The number of carbonyl (C=O) groups is 1. The lowest BCUT2D eigenvalue weighted by molar-refractivity contribution is -0.119. The summed E-state index contributed by atoms with van der Waals surface area (Å²) in [7, 11) is 1.76. The molecule has 3 heteroatoms. The number of carbonyl (C=O) groups excluding carboxylic acids is 1. The van der Waals surface area contributed by atoms with Gasteiger partial charge in [0.15, 0.2) is 0 Å². The fourth-order valence-corrected chi connectivity index (χ4v) is 1.41. The number of rotatable bonds is 3. The summed E-state index contributed by atoms with van der Waals surface area (Å²) in [5.41, 5.74) is 7.21. The summed E-state index contributed by atoms with van der Waals surface area (Å²) < 4.78 is 0. The third-order valence-corrected chi connectivity index (χ3v) is 2.26. The average Bonchev–Trinajstić information content (AvgIpc) is 2.16. The number of nitrogens with two attached hydrogens (primary N) is 1. The molecule has 0 saturated carbocycles. The molecule has 0 bridgehead atoms. The van der Waals surface area contributed by atoms with Crippen LogP contribution in [0.3, 0.4) is 0 Å². The zero-order valence-electron chi connectivity index (χ0n) is 9.53. The second-order valence-electron chi connectivity index (χ2n) is 4.11. The van der Waals surface area contributed by atoms with Crippen LogP contribution in [0.25, 0.3) is 0 Å². The number of hydrogen-bond donors (Lipinski definition) is 1. The number of para-hydroxylation sites is 2. The van der Waals surface area contributed by atoms with Crippen LogP contribution in [0, 0.1) is 5.92 Å². The van der Waals surface area contributed by atoms with Crippen LogP contribution < -0.4 is 10.6 Å². The Labute approximate surface area is 90.9 Å². The lowest BCUT2D eigenvalue weighted by Gasteiger charge is -2.20. The van der Waals surface area contributed by atoms with Gasteiger partial charge in [0.2, 0.25) is 5.91 Å². The van der Waals surface area contributed by atoms with Gasteiger partial charge in [-0.3, -0.25) is 4.79 Å². The molecule has 82 valence electrons. The maximum Gasteiger partial charge on any atom is 0.227 e. The third kappa shape index (κ3) is 2.98.